The Morgan fingerprint density at radius 1 is 1.16 bits per heavy atom. The first-order valence-corrected chi connectivity index (χ1v) is 10.8. The summed E-state index contributed by atoms with van der Waals surface area (Å²) in [5.74, 6) is -1.41. The van der Waals surface area contributed by atoms with Gasteiger partial charge in [-0.15, -0.1) is 0 Å². The number of quaternary nitrogens is 1. The number of rotatable bonds is 8. The third-order valence-corrected chi connectivity index (χ3v) is 5.51. The standard InChI is InChI=1S/C24H27ClN2O4/c1-4-31-19-12-11-17(15-18(19)25)22(28)20-21(16-9-6-5-7-10-16)27(24(30)23(20)29)14-8-13-26(2)3/h5-7,9-12,15,21,28H,4,8,13-14H2,1-3H3/b22-20+. The molecule has 0 aliphatic carbocycles. The summed E-state index contributed by atoms with van der Waals surface area (Å²) in [6, 6.07) is 13.1. The number of carbonyl (C=O) groups excluding carboxylic acids is 2. The molecule has 0 radical (unpaired) electrons. The first-order chi connectivity index (χ1) is 14.8. The van der Waals surface area contributed by atoms with Gasteiger partial charge in [-0.2, -0.15) is 0 Å². The lowest BCUT2D eigenvalue weighted by molar-refractivity contribution is -0.858. The van der Waals surface area contributed by atoms with E-state index in [2.05, 4.69) is 0 Å². The van der Waals surface area contributed by atoms with E-state index in [4.69, 9.17) is 16.3 Å². The molecule has 7 heteroatoms. The summed E-state index contributed by atoms with van der Waals surface area (Å²) in [5.41, 5.74) is 0.957. The molecule has 0 bridgehead atoms. The van der Waals surface area contributed by atoms with Crippen molar-refractivity contribution in [3.05, 3.63) is 70.3 Å². The van der Waals surface area contributed by atoms with Gasteiger partial charge in [0.1, 0.15) is 5.75 Å². The van der Waals surface area contributed by atoms with E-state index in [-0.39, 0.29) is 16.2 Å². The highest BCUT2D eigenvalue weighted by atomic mass is 35.5. The predicted molar refractivity (Wildman–Crippen MR) is 118 cm³/mol. The van der Waals surface area contributed by atoms with Gasteiger partial charge in [-0.25, -0.2) is 0 Å². The van der Waals surface area contributed by atoms with Gasteiger partial charge in [0.2, 0.25) is 5.78 Å². The first kappa shape index (κ1) is 22.8. The molecule has 1 heterocycles. The maximum Gasteiger partial charge on any atom is 0.295 e. The normalized spacial score (nSPS) is 18.1. The Kier molecular flexibility index (Phi) is 7.36. The Hall–Kier alpha value is -2.83. The quantitative estimate of drug-likeness (QED) is 0.382. The van der Waals surface area contributed by atoms with Crippen LogP contribution in [0.25, 0.3) is 5.76 Å². The minimum Gasteiger partial charge on any atom is -0.872 e. The lowest BCUT2D eigenvalue weighted by Gasteiger charge is -2.27. The van der Waals surface area contributed by atoms with Gasteiger partial charge in [-0.05, 0) is 30.2 Å². The van der Waals surface area contributed by atoms with Crippen LogP contribution in [0.15, 0.2) is 54.1 Å². The highest BCUT2D eigenvalue weighted by molar-refractivity contribution is 6.46. The van der Waals surface area contributed by atoms with E-state index in [1.165, 1.54) is 15.9 Å². The maximum absolute atomic E-state index is 13.4. The lowest BCUT2D eigenvalue weighted by atomic mass is 9.95. The van der Waals surface area contributed by atoms with Crippen molar-refractivity contribution in [1.82, 2.24) is 4.90 Å². The second-order valence-electron chi connectivity index (χ2n) is 7.77. The van der Waals surface area contributed by atoms with Gasteiger partial charge in [-0.3, -0.25) is 9.59 Å². The number of likely N-dealkylation sites (tertiary alicyclic amines) is 1. The van der Waals surface area contributed by atoms with Crippen LogP contribution in [0, 0.1) is 0 Å². The third kappa shape index (κ3) is 4.92. The first-order valence-electron chi connectivity index (χ1n) is 10.4. The van der Waals surface area contributed by atoms with Crippen molar-refractivity contribution < 1.29 is 24.3 Å². The molecule has 1 unspecified atom stereocenters. The molecule has 1 saturated heterocycles. The average Bonchev–Trinajstić information content (AvgIpc) is 3.00. The minimum absolute atomic E-state index is 0.0337. The number of hydrogen-bond acceptors (Lipinski definition) is 4. The van der Waals surface area contributed by atoms with E-state index in [1.54, 1.807) is 12.1 Å². The van der Waals surface area contributed by atoms with Crippen molar-refractivity contribution in [2.75, 3.05) is 33.8 Å². The summed E-state index contributed by atoms with van der Waals surface area (Å²) in [6.45, 7) is 3.52. The Balaban J connectivity index is 2.06. The smallest absolute Gasteiger partial charge is 0.295 e. The van der Waals surface area contributed by atoms with Crippen molar-refractivity contribution in [1.29, 1.82) is 0 Å². The van der Waals surface area contributed by atoms with Crippen LogP contribution in [0.2, 0.25) is 5.02 Å². The minimum atomic E-state index is -0.749. The van der Waals surface area contributed by atoms with Crippen LogP contribution in [0.3, 0.4) is 0 Å². The molecule has 31 heavy (non-hydrogen) atoms. The van der Waals surface area contributed by atoms with Crippen LogP contribution in [0.5, 0.6) is 5.75 Å². The van der Waals surface area contributed by atoms with Gasteiger partial charge in [0.15, 0.2) is 0 Å². The molecule has 0 saturated carbocycles. The molecule has 3 rings (SSSR count). The molecule has 1 fully saturated rings. The Morgan fingerprint density at radius 2 is 1.87 bits per heavy atom. The summed E-state index contributed by atoms with van der Waals surface area (Å²) < 4.78 is 5.42. The fraction of sp³-hybridized carbons (Fsp3) is 0.333. The summed E-state index contributed by atoms with van der Waals surface area (Å²) >= 11 is 6.25. The monoisotopic (exact) mass is 442 g/mol. The molecule has 1 atom stereocenters. The third-order valence-electron chi connectivity index (χ3n) is 5.21. The van der Waals surface area contributed by atoms with Crippen molar-refractivity contribution in [2.45, 2.75) is 19.4 Å². The predicted octanol–water partition coefficient (Wildman–Crippen LogP) is 1.50. The number of halogens is 1. The molecular weight excluding hydrogens is 416 g/mol. The van der Waals surface area contributed by atoms with E-state index < -0.39 is 23.5 Å². The summed E-state index contributed by atoms with van der Waals surface area (Å²) in [4.78, 5) is 28.6. The summed E-state index contributed by atoms with van der Waals surface area (Å²) in [7, 11) is 4.06. The van der Waals surface area contributed by atoms with Gasteiger partial charge in [-0.1, -0.05) is 53.8 Å². The maximum atomic E-state index is 13.4. The molecule has 2 aromatic rings. The number of nitrogens with zero attached hydrogens (tertiary/aromatic N) is 1. The fourth-order valence-electron chi connectivity index (χ4n) is 3.76. The second-order valence-corrected chi connectivity index (χ2v) is 8.18. The number of ether oxygens (including phenoxy) is 1. The van der Waals surface area contributed by atoms with Gasteiger partial charge < -0.3 is 19.6 Å². The van der Waals surface area contributed by atoms with E-state index >= 15 is 0 Å². The van der Waals surface area contributed by atoms with E-state index in [1.807, 2.05) is 51.4 Å². The molecule has 1 aliphatic heterocycles. The molecule has 0 aromatic heterocycles. The lowest BCUT2D eigenvalue weighted by Crippen LogP contribution is -3.05. The number of carbonyl (C=O) groups is 2. The molecule has 164 valence electrons. The van der Waals surface area contributed by atoms with Crippen molar-refractivity contribution >= 4 is 29.1 Å². The summed E-state index contributed by atoms with van der Waals surface area (Å²) in [6.07, 6.45) is 0.723. The van der Waals surface area contributed by atoms with Gasteiger partial charge >= 0.3 is 0 Å². The van der Waals surface area contributed by atoms with Crippen LogP contribution in [0.4, 0.5) is 0 Å². The van der Waals surface area contributed by atoms with Crippen LogP contribution >= 0.6 is 11.6 Å². The zero-order valence-electron chi connectivity index (χ0n) is 18.0. The van der Waals surface area contributed by atoms with Crippen LogP contribution in [0.1, 0.15) is 30.5 Å². The van der Waals surface area contributed by atoms with Crippen LogP contribution in [-0.4, -0.2) is 50.4 Å². The van der Waals surface area contributed by atoms with Crippen molar-refractivity contribution in [3.8, 4) is 5.75 Å². The molecule has 2 aromatic carbocycles. The number of benzene rings is 2. The highest BCUT2D eigenvalue weighted by Crippen LogP contribution is 2.39. The van der Waals surface area contributed by atoms with Crippen molar-refractivity contribution in [3.63, 3.8) is 0 Å². The molecule has 1 amide bonds. The van der Waals surface area contributed by atoms with Gasteiger partial charge in [0, 0.05) is 18.5 Å². The number of hydrogen-bond donors (Lipinski definition) is 1. The van der Waals surface area contributed by atoms with E-state index in [0.29, 0.717) is 18.9 Å². The largest absolute Gasteiger partial charge is 0.872 e. The Labute approximate surface area is 187 Å². The van der Waals surface area contributed by atoms with Crippen molar-refractivity contribution in [2.24, 2.45) is 0 Å². The molecule has 1 aliphatic rings. The van der Waals surface area contributed by atoms with Crippen LogP contribution < -0.4 is 14.7 Å². The van der Waals surface area contributed by atoms with Crippen LogP contribution in [-0.2, 0) is 9.59 Å². The Morgan fingerprint density at radius 3 is 2.48 bits per heavy atom. The van der Waals surface area contributed by atoms with Gasteiger partial charge in [0.25, 0.3) is 5.91 Å². The SMILES string of the molecule is CCOc1ccc(/C([O-])=C2\C(=O)C(=O)N(CCC[NH+](C)C)C2c2ccccc2)cc1Cl. The van der Waals surface area contributed by atoms with E-state index in [0.717, 1.165) is 18.5 Å². The molecular formula is C24H27ClN2O4. The Bertz CT molecular complexity index is 988. The van der Waals surface area contributed by atoms with E-state index in [9.17, 15) is 14.7 Å². The zero-order valence-corrected chi connectivity index (χ0v) is 18.7. The average molecular weight is 443 g/mol. The van der Waals surface area contributed by atoms with Gasteiger partial charge in [0.05, 0.1) is 38.3 Å². The molecule has 1 N–H and O–H groups in total. The topological polar surface area (TPSA) is 74.1 Å². The zero-order chi connectivity index (χ0) is 22.5. The molecule has 6 nitrogen and oxygen atoms in total. The number of ketones is 1. The molecule has 0 spiro atoms. The number of Topliss-reactive ketones (excluding diaryl/α,β-unsaturated/α-hetero) is 1. The number of amides is 1. The highest BCUT2D eigenvalue weighted by Gasteiger charge is 2.43. The fourth-order valence-corrected chi connectivity index (χ4v) is 3.99. The second kappa shape index (κ2) is 9.98. The summed E-state index contributed by atoms with van der Waals surface area (Å²) in [5, 5.41) is 13.7. The number of nitrogens with one attached hydrogen (secondary N) is 1.